The van der Waals surface area contributed by atoms with Crippen LogP contribution in [0.1, 0.15) is 12.5 Å². The zero-order valence-corrected chi connectivity index (χ0v) is 13.5. The van der Waals surface area contributed by atoms with E-state index >= 15 is 0 Å². The van der Waals surface area contributed by atoms with Crippen LogP contribution in [0.2, 0.25) is 0 Å². The SMILES string of the molecule is CCNCCS(=O)(=O)Nc1cc([N+](=O)[O-])c(C)cc1Br. The monoisotopic (exact) mass is 365 g/mol. The minimum Gasteiger partial charge on any atom is -0.316 e. The van der Waals surface area contributed by atoms with Crippen molar-refractivity contribution in [1.29, 1.82) is 0 Å². The Hall–Kier alpha value is -1.19. The Bertz CT molecular complexity index is 604. The van der Waals surface area contributed by atoms with Crippen molar-refractivity contribution in [3.63, 3.8) is 0 Å². The Labute approximate surface area is 126 Å². The molecule has 0 atom stereocenters. The summed E-state index contributed by atoms with van der Waals surface area (Å²) < 4.78 is 26.5. The Morgan fingerprint density at radius 1 is 1.40 bits per heavy atom. The van der Waals surface area contributed by atoms with Crippen LogP contribution in [0.15, 0.2) is 16.6 Å². The number of hydrogen-bond donors (Lipinski definition) is 2. The zero-order valence-electron chi connectivity index (χ0n) is 11.1. The van der Waals surface area contributed by atoms with E-state index in [4.69, 9.17) is 0 Å². The molecule has 0 heterocycles. The van der Waals surface area contributed by atoms with Crippen molar-refractivity contribution in [3.05, 3.63) is 32.3 Å². The molecular formula is C11H16BrN3O4S. The molecule has 0 amide bonds. The van der Waals surface area contributed by atoms with Gasteiger partial charge in [0.25, 0.3) is 5.69 Å². The van der Waals surface area contributed by atoms with Gasteiger partial charge in [0.15, 0.2) is 0 Å². The highest BCUT2D eigenvalue weighted by molar-refractivity contribution is 9.10. The van der Waals surface area contributed by atoms with Crippen LogP contribution in [0.25, 0.3) is 0 Å². The van der Waals surface area contributed by atoms with E-state index in [2.05, 4.69) is 26.0 Å². The number of benzene rings is 1. The van der Waals surface area contributed by atoms with E-state index in [1.807, 2.05) is 6.92 Å². The largest absolute Gasteiger partial charge is 0.316 e. The Balaban J connectivity index is 2.97. The number of anilines is 1. The summed E-state index contributed by atoms with van der Waals surface area (Å²) in [6, 6.07) is 2.73. The van der Waals surface area contributed by atoms with Gasteiger partial charge in [0, 0.05) is 22.6 Å². The van der Waals surface area contributed by atoms with Gasteiger partial charge in [-0.25, -0.2) is 8.42 Å². The highest BCUT2D eigenvalue weighted by Gasteiger charge is 2.18. The van der Waals surface area contributed by atoms with Crippen molar-refractivity contribution < 1.29 is 13.3 Å². The molecule has 0 bridgehead atoms. The van der Waals surface area contributed by atoms with Crippen LogP contribution in [0.4, 0.5) is 11.4 Å². The van der Waals surface area contributed by atoms with Gasteiger partial charge in [-0.2, -0.15) is 0 Å². The Morgan fingerprint density at radius 2 is 2.05 bits per heavy atom. The van der Waals surface area contributed by atoms with E-state index in [1.165, 1.54) is 12.1 Å². The van der Waals surface area contributed by atoms with Crippen LogP contribution in [0, 0.1) is 17.0 Å². The molecule has 0 aliphatic rings. The predicted octanol–water partition coefficient (Wildman–Crippen LogP) is 2.02. The third-order valence-electron chi connectivity index (χ3n) is 2.55. The lowest BCUT2D eigenvalue weighted by Crippen LogP contribution is -2.26. The number of nitrogens with one attached hydrogen (secondary N) is 2. The molecule has 0 aromatic heterocycles. The smallest absolute Gasteiger partial charge is 0.274 e. The second-order valence-electron chi connectivity index (χ2n) is 4.15. The number of halogens is 1. The summed E-state index contributed by atoms with van der Waals surface area (Å²) in [5.41, 5.74) is 0.494. The molecular weight excluding hydrogens is 350 g/mol. The lowest BCUT2D eigenvalue weighted by Gasteiger charge is -2.10. The molecule has 2 N–H and O–H groups in total. The van der Waals surface area contributed by atoms with Gasteiger partial charge in [0.1, 0.15) is 0 Å². The molecule has 9 heteroatoms. The van der Waals surface area contributed by atoms with E-state index in [0.717, 1.165) is 0 Å². The lowest BCUT2D eigenvalue weighted by atomic mass is 10.2. The number of nitrogens with zero attached hydrogens (tertiary/aromatic N) is 1. The van der Waals surface area contributed by atoms with Gasteiger partial charge < -0.3 is 5.32 Å². The van der Waals surface area contributed by atoms with E-state index in [-0.39, 0.29) is 17.1 Å². The van der Waals surface area contributed by atoms with E-state index in [0.29, 0.717) is 23.1 Å². The fraction of sp³-hybridized carbons (Fsp3) is 0.455. The van der Waals surface area contributed by atoms with E-state index in [9.17, 15) is 18.5 Å². The highest BCUT2D eigenvalue weighted by Crippen LogP contribution is 2.31. The van der Waals surface area contributed by atoms with Gasteiger partial charge >= 0.3 is 0 Å². The van der Waals surface area contributed by atoms with Crippen LogP contribution < -0.4 is 10.0 Å². The molecule has 7 nitrogen and oxygen atoms in total. The van der Waals surface area contributed by atoms with Crippen molar-refractivity contribution in [2.24, 2.45) is 0 Å². The molecule has 1 rings (SSSR count). The number of sulfonamides is 1. The summed E-state index contributed by atoms with van der Waals surface area (Å²) in [6.07, 6.45) is 0. The number of rotatable bonds is 7. The number of nitro groups is 1. The summed E-state index contributed by atoms with van der Waals surface area (Å²) in [4.78, 5) is 10.3. The van der Waals surface area contributed by atoms with Crippen molar-refractivity contribution in [2.75, 3.05) is 23.6 Å². The van der Waals surface area contributed by atoms with Gasteiger partial charge in [0.2, 0.25) is 10.0 Å². The maximum Gasteiger partial charge on any atom is 0.274 e. The molecule has 0 saturated heterocycles. The highest BCUT2D eigenvalue weighted by atomic mass is 79.9. The maximum absolute atomic E-state index is 11.9. The standard InChI is InChI=1S/C11H16BrN3O4S/c1-3-13-4-5-20(18,19)14-10-7-11(15(16)17)8(2)6-9(10)12/h6-7,13-14H,3-5H2,1-2H3. The summed E-state index contributed by atoms with van der Waals surface area (Å²) in [7, 11) is -3.55. The first-order chi connectivity index (χ1) is 9.26. The molecule has 0 saturated carbocycles. The molecule has 1 aromatic rings. The summed E-state index contributed by atoms with van der Waals surface area (Å²) in [5.74, 6) is -0.102. The lowest BCUT2D eigenvalue weighted by molar-refractivity contribution is -0.385. The number of aryl methyl sites for hydroxylation is 1. The van der Waals surface area contributed by atoms with Gasteiger partial charge in [0.05, 0.1) is 16.4 Å². The fourth-order valence-electron chi connectivity index (χ4n) is 1.54. The minimum atomic E-state index is -3.55. The molecule has 0 aliphatic carbocycles. The number of nitro benzene ring substituents is 1. The van der Waals surface area contributed by atoms with Crippen molar-refractivity contribution >= 4 is 37.3 Å². The Morgan fingerprint density at radius 3 is 2.60 bits per heavy atom. The quantitative estimate of drug-likeness (QED) is 0.437. The second kappa shape index (κ2) is 7.00. The van der Waals surface area contributed by atoms with Crippen LogP contribution in [-0.2, 0) is 10.0 Å². The Kier molecular flexibility index (Phi) is 5.90. The van der Waals surface area contributed by atoms with Crippen LogP contribution in [0.5, 0.6) is 0 Å². The van der Waals surface area contributed by atoms with Gasteiger partial charge in [-0.3, -0.25) is 14.8 Å². The van der Waals surface area contributed by atoms with E-state index in [1.54, 1.807) is 6.92 Å². The third-order valence-corrected chi connectivity index (χ3v) is 4.47. The average molecular weight is 366 g/mol. The molecule has 0 fully saturated rings. The average Bonchev–Trinajstić information content (AvgIpc) is 2.32. The van der Waals surface area contributed by atoms with Crippen molar-refractivity contribution in [3.8, 4) is 0 Å². The van der Waals surface area contributed by atoms with Crippen molar-refractivity contribution in [1.82, 2.24) is 5.32 Å². The first kappa shape index (κ1) is 16.9. The molecule has 0 unspecified atom stereocenters. The van der Waals surface area contributed by atoms with Crippen molar-refractivity contribution in [2.45, 2.75) is 13.8 Å². The molecule has 112 valence electrons. The molecule has 20 heavy (non-hydrogen) atoms. The molecule has 0 spiro atoms. The van der Waals surface area contributed by atoms with Gasteiger partial charge in [-0.15, -0.1) is 0 Å². The normalized spacial score (nSPS) is 11.3. The van der Waals surface area contributed by atoms with Crippen LogP contribution >= 0.6 is 15.9 Å². The molecule has 0 aliphatic heterocycles. The first-order valence-corrected chi connectivity index (χ1v) is 8.37. The zero-order chi connectivity index (χ0) is 15.3. The summed E-state index contributed by atoms with van der Waals surface area (Å²) in [6.45, 7) is 4.46. The molecule has 1 aromatic carbocycles. The fourth-order valence-corrected chi connectivity index (χ4v) is 3.25. The van der Waals surface area contributed by atoms with Gasteiger partial charge in [-0.05, 0) is 35.5 Å². The second-order valence-corrected chi connectivity index (χ2v) is 6.85. The number of hydrogen-bond acceptors (Lipinski definition) is 5. The minimum absolute atomic E-state index is 0.102. The molecule has 0 radical (unpaired) electrons. The third kappa shape index (κ3) is 4.73. The van der Waals surface area contributed by atoms with Crippen LogP contribution in [0.3, 0.4) is 0 Å². The first-order valence-electron chi connectivity index (χ1n) is 5.92. The summed E-state index contributed by atoms with van der Waals surface area (Å²) >= 11 is 3.20. The summed E-state index contributed by atoms with van der Waals surface area (Å²) in [5, 5.41) is 13.8. The topological polar surface area (TPSA) is 101 Å². The van der Waals surface area contributed by atoms with Gasteiger partial charge in [-0.1, -0.05) is 6.92 Å². The predicted molar refractivity (Wildman–Crippen MR) is 81.5 cm³/mol. The maximum atomic E-state index is 11.9. The van der Waals surface area contributed by atoms with E-state index < -0.39 is 14.9 Å². The van der Waals surface area contributed by atoms with Crippen LogP contribution in [-0.4, -0.2) is 32.2 Å².